The third-order valence-electron chi connectivity index (χ3n) is 6.73. The third kappa shape index (κ3) is 3.83. The molecule has 0 bridgehead atoms. The first-order chi connectivity index (χ1) is 12.6. The van der Waals surface area contributed by atoms with Crippen molar-refractivity contribution in [3.05, 3.63) is 69.8 Å². The molecule has 3 atom stereocenters. The van der Waals surface area contributed by atoms with E-state index < -0.39 is 0 Å². The normalized spacial score (nSPS) is 23.2. The molecule has 2 aromatic carbocycles. The molecule has 0 spiro atoms. The molecule has 0 aliphatic carbocycles. The fourth-order valence-corrected chi connectivity index (χ4v) is 4.69. The molecule has 0 aromatic heterocycles. The van der Waals surface area contributed by atoms with Crippen LogP contribution < -0.4 is 5.32 Å². The van der Waals surface area contributed by atoms with Crippen molar-refractivity contribution in [2.24, 2.45) is 5.92 Å². The zero-order valence-electron chi connectivity index (χ0n) is 18.4. The highest BCUT2D eigenvalue weighted by atomic mass is 15.2. The van der Waals surface area contributed by atoms with E-state index in [9.17, 15) is 0 Å². The first kappa shape index (κ1) is 20.1. The van der Waals surface area contributed by atoms with Gasteiger partial charge < -0.3 is 5.32 Å². The second kappa shape index (κ2) is 7.41. The van der Waals surface area contributed by atoms with Gasteiger partial charge >= 0.3 is 0 Å². The second-order valence-electron chi connectivity index (χ2n) is 9.24. The Morgan fingerprint density at radius 1 is 0.926 bits per heavy atom. The summed E-state index contributed by atoms with van der Waals surface area (Å²) in [5.74, 6) is 0.603. The van der Waals surface area contributed by atoms with Crippen molar-refractivity contribution in [1.82, 2.24) is 10.2 Å². The Bertz CT molecular complexity index is 801. The Hall–Kier alpha value is -1.64. The SMILES string of the molecule is Cc1cc(C)cc(C2NCC(C)C2N(C)C(C)(C)c2ccc(C)c(C)c2)c1. The number of nitrogens with zero attached hydrogens (tertiary/aromatic N) is 1. The van der Waals surface area contributed by atoms with E-state index in [0.717, 1.165) is 6.54 Å². The van der Waals surface area contributed by atoms with Gasteiger partial charge in [0.15, 0.2) is 0 Å². The highest BCUT2D eigenvalue weighted by molar-refractivity contribution is 5.35. The number of likely N-dealkylation sites (N-methyl/N-ethyl adjacent to an activating group) is 1. The van der Waals surface area contributed by atoms with E-state index in [1.807, 2.05) is 0 Å². The van der Waals surface area contributed by atoms with Gasteiger partial charge in [-0.2, -0.15) is 0 Å². The number of benzene rings is 2. The van der Waals surface area contributed by atoms with Crippen LogP contribution in [0.3, 0.4) is 0 Å². The second-order valence-corrected chi connectivity index (χ2v) is 9.24. The standard InChI is InChI=1S/C25H36N2/c1-16-11-17(2)13-21(12-16)23-24(20(5)15-26-23)27(8)25(6,7)22-10-9-18(3)19(4)14-22/h9-14,20,23-24,26H,15H2,1-8H3. The lowest BCUT2D eigenvalue weighted by Gasteiger charge is -2.44. The van der Waals surface area contributed by atoms with Crippen molar-refractivity contribution >= 4 is 0 Å². The molecule has 2 nitrogen and oxygen atoms in total. The summed E-state index contributed by atoms with van der Waals surface area (Å²) in [5, 5.41) is 3.81. The molecule has 27 heavy (non-hydrogen) atoms. The van der Waals surface area contributed by atoms with Gasteiger partial charge in [0.1, 0.15) is 0 Å². The fourth-order valence-electron chi connectivity index (χ4n) is 4.69. The van der Waals surface area contributed by atoms with E-state index in [1.54, 1.807) is 0 Å². The maximum atomic E-state index is 3.81. The Morgan fingerprint density at radius 3 is 2.15 bits per heavy atom. The molecule has 1 saturated heterocycles. The zero-order valence-corrected chi connectivity index (χ0v) is 18.4. The highest BCUT2D eigenvalue weighted by Crippen LogP contribution is 2.39. The Morgan fingerprint density at radius 2 is 1.56 bits per heavy atom. The third-order valence-corrected chi connectivity index (χ3v) is 6.73. The molecule has 1 N–H and O–H groups in total. The number of hydrogen-bond donors (Lipinski definition) is 1. The predicted octanol–water partition coefficient (Wildman–Crippen LogP) is 5.44. The topological polar surface area (TPSA) is 15.3 Å². The van der Waals surface area contributed by atoms with Crippen LogP contribution in [0.1, 0.15) is 60.2 Å². The van der Waals surface area contributed by atoms with Crippen molar-refractivity contribution in [3.63, 3.8) is 0 Å². The first-order valence-corrected chi connectivity index (χ1v) is 10.2. The van der Waals surface area contributed by atoms with Crippen LogP contribution in [0.4, 0.5) is 0 Å². The van der Waals surface area contributed by atoms with Gasteiger partial charge in [0.2, 0.25) is 0 Å². The van der Waals surface area contributed by atoms with Gasteiger partial charge in [-0.15, -0.1) is 0 Å². The van der Waals surface area contributed by atoms with Crippen LogP contribution in [-0.2, 0) is 5.54 Å². The summed E-state index contributed by atoms with van der Waals surface area (Å²) >= 11 is 0. The van der Waals surface area contributed by atoms with E-state index in [4.69, 9.17) is 0 Å². The van der Waals surface area contributed by atoms with Crippen molar-refractivity contribution in [1.29, 1.82) is 0 Å². The number of rotatable bonds is 4. The van der Waals surface area contributed by atoms with Crippen LogP contribution in [0.15, 0.2) is 36.4 Å². The molecule has 1 fully saturated rings. The lowest BCUT2D eigenvalue weighted by Crippen LogP contribution is -2.49. The Labute approximate surface area is 166 Å². The summed E-state index contributed by atoms with van der Waals surface area (Å²) in [6, 6.07) is 14.7. The molecule has 1 aliphatic rings. The Balaban J connectivity index is 1.96. The lowest BCUT2D eigenvalue weighted by atomic mass is 9.85. The first-order valence-electron chi connectivity index (χ1n) is 10.2. The summed E-state index contributed by atoms with van der Waals surface area (Å²) in [7, 11) is 2.30. The van der Waals surface area contributed by atoms with Gasteiger partial charge in [-0.1, -0.05) is 54.4 Å². The number of nitrogens with one attached hydrogen (secondary N) is 1. The van der Waals surface area contributed by atoms with Gasteiger partial charge in [-0.3, -0.25) is 4.90 Å². The molecule has 2 heteroatoms. The molecular formula is C25H36N2. The molecule has 2 aromatic rings. The molecule has 3 unspecified atom stereocenters. The molecular weight excluding hydrogens is 328 g/mol. The molecule has 1 heterocycles. The number of aryl methyl sites for hydroxylation is 4. The van der Waals surface area contributed by atoms with E-state index in [2.05, 4.69) is 102 Å². The quantitative estimate of drug-likeness (QED) is 0.777. The molecule has 3 rings (SSSR count). The predicted molar refractivity (Wildman–Crippen MR) is 116 cm³/mol. The van der Waals surface area contributed by atoms with Gasteiger partial charge in [0.05, 0.1) is 0 Å². The van der Waals surface area contributed by atoms with Crippen LogP contribution in [-0.4, -0.2) is 24.5 Å². The summed E-state index contributed by atoms with van der Waals surface area (Å²) in [6.07, 6.45) is 0. The molecule has 0 radical (unpaired) electrons. The van der Waals surface area contributed by atoms with E-state index >= 15 is 0 Å². The van der Waals surface area contributed by atoms with Gasteiger partial charge in [0.25, 0.3) is 0 Å². The maximum Gasteiger partial charge on any atom is 0.0481 e. The molecule has 0 amide bonds. The summed E-state index contributed by atoms with van der Waals surface area (Å²) < 4.78 is 0. The minimum absolute atomic E-state index is 0.0273. The van der Waals surface area contributed by atoms with Crippen molar-refractivity contribution < 1.29 is 0 Å². The molecule has 1 aliphatic heterocycles. The van der Waals surface area contributed by atoms with Crippen molar-refractivity contribution in [2.45, 2.75) is 66.1 Å². The van der Waals surface area contributed by atoms with Crippen LogP contribution in [0.5, 0.6) is 0 Å². The van der Waals surface area contributed by atoms with E-state index in [0.29, 0.717) is 18.0 Å². The average molecular weight is 365 g/mol. The Kier molecular flexibility index (Phi) is 5.52. The summed E-state index contributed by atoms with van der Waals surface area (Å²) in [6.45, 7) is 17.0. The summed E-state index contributed by atoms with van der Waals surface area (Å²) in [4.78, 5) is 2.60. The van der Waals surface area contributed by atoms with E-state index in [1.165, 1.54) is 33.4 Å². The fraction of sp³-hybridized carbons (Fsp3) is 0.520. The van der Waals surface area contributed by atoms with Crippen LogP contribution in [0.2, 0.25) is 0 Å². The van der Waals surface area contributed by atoms with Gasteiger partial charge in [0, 0.05) is 17.6 Å². The minimum Gasteiger partial charge on any atom is -0.308 e. The maximum absolute atomic E-state index is 3.81. The monoisotopic (exact) mass is 364 g/mol. The smallest absolute Gasteiger partial charge is 0.0481 e. The largest absolute Gasteiger partial charge is 0.308 e. The van der Waals surface area contributed by atoms with Crippen molar-refractivity contribution in [3.8, 4) is 0 Å². The minimum atomic E-state index is -0.0273. The molecule has 0 saturated carbocycles. The lowest BCUT2D eigenvalue weighted by molar-refractivity contribution is 0.0716. The summed E-state index contributed by atoms with van der Waals surface area (Å²) in [5.41, 5.74) is 8.22. The van der Waals surface area contributed by atoms with Crippen LogP contribution >= 0.6 is 0 Å². The highest BCUT2D eigenvalue weighted by Gasteiger charge is 2.42. The van der Waals surface area contributed by atoms with Crippen LogP contribution in [0.25, 0.3) is 0 Å². The average Bonchev–Trinajstić information content (AvgIpc) is 2.97. The zero-order chi connectivity index (χ0) is 19.9. The van der Waals surface area contributed by atoms with Gasteiger partial charge in [-0.25, -0.2) is 0 Å². The van der Waals surface area contributed by atoms with E-state index in [-0.39, 0.29) is 5.54 Å². The van der Waals surface area contributed by atoms with Crippen molar-refractivity contribution in [2.75, 3.05) is 13.6 Å². The van der Waals surface area contributed by atoms with Gasteiger partial charge in [-0.05, 0) is 83.3 Å². The van der Waals surface area contributed by atoms with Crippen LogP contribution in [0, 0.1) is 33.6 Å². The number of hydrogen-bond acceptors (Lipinski definition) is 2. The molecule has 146 valence electrons.